The Balaban J connectivity index is 1.56. The zero-order valence-electron chi connectivity index (χ0n) is 11.1. The Bertz CT molecular complexity index is 394. The summed E-state index contributed by atoms with van der Waals surface area (Å²) in [5.41, 5.74) is 1.10. The minimum atomic E-state index is 0.661. The number of nitrogens with one attached hydrogen (secondary N) is 1. The summed E-state index contributed by atoms with van der Waals surface area (Å²) >= 11 is 0. The summed E-state index contributed by atoms with van der Waals surface area (Å²) in [6, 6.07) is 0.661. The fourth-order valence-corrected chi connectivity index (χ4v) is 2.32. The molecule has 1 N–H and O–H groups in total. The van der Waals surface area contributed by atoms with Crippen LogP contribution < -0.4 is 5.32 Å². The Labute approximate surface area is 108 Å². The van der Waals surface area contributed by atoms with Crippen molar-refractivity contribution in [1.29, 1.82) is 0 Å². The number of aryl methyl sites for hydroxylation is 1. The molecule has 2 fully saturated rings. The first-order valence-corrected chi connectivity index (χ1v) is 6.92. The van der Waals surface area contributed by atoms with Crippen molar-refractivity contribution >= 4 is 5.95 Å². The lowest BCUT2D eigenvalue weighted by atomic mass is 10.4. The summed E-state index contributed by atoms with van der Waals surface area (Å²) in [6.07, 6.45) is 4.72. The predicted octanol–water partition coefficient (Wildman–Crippen LogP) is 1.10. The highest BCUT2D eigenvalue weighted by atomic mass is 16.5. The number of hydrogen-bond donors (Lipinski definition) is 1. The van der Waals surface area contributed by atoms with E-state index in [4.69, 9.17) is 4.74 Å². The van der Waals surface area contributed by atoms with Crippen LogP contribution in [0.15, 0.2) is 6.20 Å². The molecule has 100 valence electrons. The van der Waals surface area contributed by atoms with Gasteiger partial charge in [-0.15, -0.1) is 0 Å². The van der Waals surface area contributed by atoms with Crippen LogP contribution in [0, 0.1) is 6.92 Å². The average molecular weight is 250 g/mol. The lowest BCUT2D eigenvalue weighted by Gasteiger charge is -2.26. The second-order valence-corrected chi connectivity index (χ2v) is 5.27. The minimum absolute atomic E-state index is 0.661. The van der Waals surface area contributed by atoms with Crippen LogP contribution in [0.3, 0.4) is 0 Å². The van der Waals surface area contributed by atoms with Gasteiger partial charge in [0.15, 0.2) is 0 Å². The van der Waals surface area contributed by atoms with Gasteiger partial charge in [-0.1, -0.05) is 0 Å². The first-order valence-electron chi connectivity index (χ1n) is 6.92. The van der Waals surface area contributed by atoms with Crippen LogP contribution >= 0.6 is 0 Å². The molecule has 3 rings (SSSR count). The standard InChI is InChI=1S/C13H22N4O/c1-11-10-17(13(14-11)15-12-2-3-12)5-4-16-6-8-18-9-7-16/h10,12H,2-9H2,1H3,(H,14,15). The number of ether oxygens (including phenoxy) is 1. The van der Waals surface area contributed by atoms with Gasteiger partial charge < -0.3 is 14.6 Å². The maximum absolute atomic E-state index is 5.37. The third kappa shape index (κ3) is 3.03. The third-order valence-electron chi connectivity index (χ3n) is 3.57. The molecule has 0 aromatic carbocycles. The van der Waals surface area contributed by atoms with E-state index in [0.29, 0.717) is 6.04 Å². The smallest absolute Gasteiger partial charge is 0.203 e. The molecule has 18 heavy (non-hydrogen) atoms. The quantitative estimate of drug-likeness (QED) is 0.849. The van der Waals surface area contributed by atoms with E-state index in [2.05, 4.69) is 32.9 Å². The van der Waals surface area contributed by atoms with E-state index in [9.17, 15) is 0 Å². The van der Waals surface area contributed by atoms with Gasteiger partial charge in [-0.05, 0) is 19.8 Å². The molecule has 0 atom stereocenters. The fourth-order valence-electron chi connectivity index (χ4n) is 2.32. The molecule has 2 heterocycles. The molecule has 0 spiro atoms. The van der Waals surface area contributed by atoms with Crippen molar-refractivity contribution in [3.63, 3.8) is 0 Å². The Morgan fingerprint density at radius 3 is 2.83 bits per heavy atom. The SMILES string of the molecule is Cc1cn(CCN2CCOCC2)c(NC2CC2)n1. The number of morpholine rings is 1. The normalized spacial score (nSPS) is 21.2. The molecule has 1 saturated carbocycles. The molecule has 0 amide bonds. The Morgan fingerprint density at radius 2 is 2.11 bits per heavy atom. The molecule has 1 aliphatic carbocycles. The fraction of sp³-hybridized carbons (Fsp3) is 0.769. The second kappa shape index (κ2) is 5.28. The predicted molar refractivity (Wildman–Crippen MR) is 70.9 cm³/mol. The Morgan fingerprint density at radius 1 is 1.33 bits per heavy atom. The summed E-state index contributed by atoms with van der Waals surface area (Å²) in [5.74, 6) is 1.04. The van der Waals surface area contributed by atoms with E-state index in [1.807, 2.05) is 0 Å². The number of nitrogens with zero attached hydrogens (tertiary/aromatic N) is 3. The topological polar surface area (TPSA) is 42.3 Å². The lowest BCUT2D eigenvalue weighted by molar-refractivity contribution is 0.0364. The summed E-state index contributed by atoms with van der Waals surface area (Å²) in [4.78, 5) is 7.02. The van der Waals surface area contributed by atoms with Crippen molar-refractivity contribution in [2.24, 2.45) is 0 Å². The zero-order chi connectivity index (χ0) is 12.4. The molecule has 5 nitrogen and oxygen atoms in total. The molecule has 1 saturated heterocycles. The number of hydrogen-bond acceptors (Lipinski definition) is 4. The van der Waals surface area contributed by atoms with Gasteiger partial charge in [0, 0.05) is 38.4 Å². The summed E-state index contributed by atoms with van der Waals surface area (Å²) in [5, 5.41) is 3.50. The number of rotatable bonds is 5. The first kappa shape index (κ1) is 12.0. The van der Waals surface area contributed by atoms with Crippen molar-refractivity contribution in [3.05, 3.63) is 11.9 Å². The number of aromatic nitrogens is 2. The van der Waals surface area contributed by atoms with Gasteiger partial charge in [0.1, 0.15) is 0 Å². The number of imidazole rings is 1. The van der Waals surface area contributed by atoms with Crippen molar-refractivity contribution in [2.75, 3.05) is 38.2 Å². The van der Waals surface area contributed by atoms with E-state index < -0.39 is 0 Å². The zero-order valence-corrected chi connectivity index (χ0v) is 11.1. The minimum Gasteiger partial charge on any atom is -0.379 e. The Hall–Kier alpha value is -1.07. The van der Waals surface area contributed by atoms with Crippen molar-refractivity contribution < 1.29 is 4.74 Å². The van der Waals surface area contributed by atoms with Gasteiger partial charge in [-0.2, -0.15) is 0 Å². The molecule has 2 aliphatic rings. The van der Waals surface area contributed by atoms with Gasteiger partial charge >= 0.3 is 0 Å². The van der Waals surface area contributed by atoms with E-state index in [1.165, 1.54) is 12.8 Å². The monoisotopic (exact) mass is 250 g/mol. The van der Waals surface area contributed by atoms with Crippen LogP contribution in [-0.2, 0) is 11.3 Å². The highest BCUT2D eigenvalue weighted by molar-refractivity contribution is 5.32. The maximum Gasteiger partial charge on any atom is 0.203 e. The van der Waals surface area contributed by atoms with Crippen molar-refractivity contribution in [2.45, 2.75) is 32.4 Å². The molecule has 0 unspecified atom stereocenters. The van der Waals surface area contributed by atoms with Crippen LogP contribution in [0.4, 0.5) is 5.95 Å². The molecular weight excluding hydrogens is 228 g/mol. The van der Waals surface area contributed by atoms with Crippen molar-refractivity contribution in [3.8, 4) is 0 Å². The highest BCUT2D eigenvalue weighted by Gasteiger charge is 2.23. The van der Waals surface area contributed by atoms with E-state index in [1.54, 1.807) is 0 Å². The van der Waals surface area contributed by atoms with Crippen molar-refractivity contribution in [1.82, 2.24) is 14.5 Å². The molecule has 0 radical (unpaired) electrons. The molecule has 1 aromatic rings. The summed E-state index contributed by atoms with van der Waals surface area (Å²) in [6.45, 7) is 8.00. The third-order valence-corrected chi connectivity index (χ3v) is 3.57. The second-order valence-electron chi connectivity index (χ2n) is 5.27. The average Bonchev–Trinajstić information content (AvgIpc) is 3.12. The van der Waals surface area contributed by atoms with E-state index in [-0.39, 0.29) is 0 Å². The van der Waals surface area contributed by atoms with Crippen LogP contribution in [0.5, 0.6) is 0 Å². The molecule has 0 bridgehead atoms. The molecule has 1 aliphatic heterocycles. The molecular formula is C13H22N4O. The van der Waals surface area contributed by atoms with Crippen LogP contribution in [-0.4, -0.2) is 53.3 Å². The van der Waals surface area contributed by atoms with Crippen LogP contribution in [0.25, 0.3) is 0 Å². The van der Waals surface area contributed by atoms with Gasteiger partial charge in [0.2, 0.25) is 5.95 Å². The van der Waals surface area contributed by atoms with Gasteiger partial charge in [-0.25, -0.2) is 4.98 Å². The van der Waals surface area contributed by atoms with Crippen LogP contribution in [0.1, 0.15) is 18.5 Å². The first-order chi connectivity index (χ1) is 8.81. The van der Waals surface area contributed by atoms with Gasteiger partial charge in [-0.3, -0.25) is 4.90 Å². The Kier molecular flexibility index (Phi) is 3.52. The van der Waals surface area contributed by atoms with Gasteiger partial charge in [0.25, 0.3) is 0 Å². The van der Waals surface area contributed by atoms with E-state index in [0.717, 1.165) is 51.0 Å². The highest BCUT2D eigenvalue weighted by Crippen LogP contribution is 2.24. The van der Waals surface area contributed by atoms with Gasteiger partial charge in [0.05, 0.1) is 18.9 Å². The number of anilines is 1. The van der Waals surface area contributed by atoms with E-state index >= 15 is 0 Å². The summed E-state index contributed by atoms with van der Waals surface area (Å²) < 4.78 is 7.62. The maximum atomic E-state index is 5.37. The molecule has 1 aromatic heterocycles. The van der Waals surface area contributed by atoms with Crippen LogP contribution in [0.2, 0.25) is 0 Å². The lowest BCUT2D eigenvalue weighted by Crippen LogP contribution is -2.38. The largest absolute Gasteiger partial charge is 0.379 e. The summed E-state index contributed by atoms with van der Waals surface area (Å²) in [7, 11) is 0. The molecule has 5 heteroatoms.